The van der Waals surface area contributed by atoms with Gasteiger partial charge in [0.05, 0.1) is 4.90 Å². The quantitative estimate of drug-likeness (QED) is 0.452. The second-order valence-electron chi connectivity index (χ2n) is 8.58. The summed E-state index contributed by atoms with van der Waals surface area (Å²) in [6, 6.07) is 17.7. The highest BCUT2D eigenvalue weighted by Crippen LogP contribution is 2.32. The molecule has 0 fully saturated rings. The van der Waals surface area contributed by atoms with Gasteiger partial charge in [0.1, 0.15) is 19.3 Å². The fraction of sp³-hybridized carbons (Fsp3) is 0.231. The van der Waals surface area contributed by atoms with Crippen molar-refractivity contribution >= 4 is 33.2 Å². The van der Waals surface area contributed by atoms with Gasteiger partial charge >= 0.3 is 0 Å². The normalized spacial score (nSPS) is 15.4. The molecule has 0 bridgehead atoms. The molecular formula is C26H25N3O6S. The molecule has 2 amide bonds. The van der Waals surface area contributed by atoms with Crippen LogP contribution in [0.2, 0.25) is 0 Å². The van der Waals surface area contributed by atoms with Crippen molar-refractivity contribution in [2.24, 2.45) is 0 Å². The summed E-state index contributed by atoms with van der Waals surface area (Å²) in [5.74, 6) is 0.490. The van der Waals surface area contributed by atoms with Crippen molar-refractivity contribution in [1.82, 2.24) is 4.72 Å². The van der Waals surface area contributed by atoms with E-state index in [0.29, 0.717) is 48.9 Å². The predicted octanol–water partition coefficient (Wildman–Crippen LogP) is 2.87. The molecule has 0 aromatic heterocycles. The minimum Gasteiger partial charge on any atom is -0.486 e. The van der Waals surface area contributed by atoms with E-state index in [1.807, 2.05) is 30.3 Å². The van der Waals surface area contributed by atoms with Crippen molar-refractivity contribution in [1.29, 1.82) is 0 Å². The van der Waals surface area contributed by atoms with Crippen molar-refractivity contribution in [3.05, 3.63) is 77.9 Å². The molecule has 3 aromatic carbocycles. The van der Waals surface area contributed by atoms with Crippen LogP contribution in [0, 0.1) is 0 Å². The van der Waals surface area contributed by atoms with Crippen LogP contribution in [0.25, 0.3) is 0 Å². The minimum atomic E-state index is -4.05. The van der Waals surface area contributed by atoms with Crippen LogP contribution >= 0.6 is 0 Å². The zero-order chi connectivity index (χ0) is 25.1. The summed E-state index contributed by atoms with van der Waals surface area (Å²) in [6.07, 6.45) is 0.887. The molecule has 0 saturated carbocycles. The summed E-state index contributed by atoms with van der Waals surface area (Å²) in [5, 5.41) is 5.53. The molecule has 2 aliphatic rings. The number of carbonyl (C=O) groups is 2. The zero-order valence-corrected chi connectivity index (χ0v) is 20.1. The van der Waals surface area contributed by atoms with Crippen LogP contribution in [0.4, 0.5) is 11.4 Å². The van der Waals surface area contributed by atoms with Gasteiger partial charge in [-0.25, -0.2) is 8.42 Å². The second-order valence-corrected chi connectivity index (χ2v) is 10.3. The van der Waals surface area contributed by atoms with Gasteiger partial charge in [-0.3, -0.25) is 9.59 Å². The van der Waals surface area contributed by atoms with Gasteiger partial charge in [0, 0.05) is 23.9 Å². The number of nitrogens with one attached hydrogen (secondary N) is 3. The Hall–Kier alpha value is -3.89. The molecule has 3 aromatic rings. The largest absolute Gasteiger partial charge is 0.486 e. The maximum atomic E-state index is 13.3. The maximum absolute atomic E-state index is 13.3. The number of rotatable bonds is 7. The molecule has 2 aliphatic heterocycles. The number of ether oxygens (including phenoxy) is 2. The first kappa shape index (κ1) is 23.8. The zero-order valence-electron chi connectivity index (χ0n) is 19.3. The maximum Gasteiger partial charge on any atom is 0.242 e. The highest BCUT2D eigenvalue weighted by atomic mass is 32.2. The number of benzene rings is 3. The fourth-order valence-electron chi connectivity index (χ4n) is 4.17. The molecule has 0 saturated heterocycles. The average molecular weight is 508 g/mol. The van der Waals surface area contributed by atoms with E-state index in [2.05, 4.69) is 15.4 Å². The molecule has 1 atom stereocenters. The van der Waals surface area contributed by atoms with Gasteiger partial charge in [-0.15, -0.1) is 0 Å². The number of sulfonamides is 1. The van der Waals surface area contributed by atoms with Crippen LogP contribution in [0.3, 0.4) is 0 Å². The standard InChI is InChI=1S/C26H25N3O6S/c30-25-11-6-18-15-20(8-9-21(18)28-25)36(32,33)29-22(14-17-4-2-1-3-5-17)26(31)27-19-7-10-23-24(16-19)35-13-12-34-23/h1-5,7-10,15-16,22,29H,6,11-14H2,(H,27,31)(H,28,30)/t22-/m0/s1. The molecule has 5 rings (SSSR count). The first-order chi connectivity index (χ1) is 17.4. The number of hydrogen-bond acceptors (Lipinski definition) is 6. The van der Waals surface area contributed by atoms with Gasteiger partial charge in [-0.2, -0.15) is 4.72 Å². The van der Waals surface area contributed by atoms with Crippen molar-refractivity contribution in [2.45, 2.75) is 30.2 Å². The summed E-state index contributed by atoms with van der Waals surface area (Å²) in [5.41, 5.74) is 2.60. The number of amides is 2. The summed E-state index contributed by atoms with van der Waals surface area (Å²) in [7, 11) is -4.05. The van der Waals surface area contributed by atoms with Crippen LogP contribution in [0.1, 0.15) is 17.5 Å². The van der Waals surface area contributed by atoms with Crippen molar-refractivity contribution in [3.8, 4) is 11.5 Å². The second kappa shape index (κ2) is 10.00. The number of hydrogen-bond donors (Lipinski definition) is 3. The number of fused-ring (bicyclic) bond motifs is 2. The highest BCUT2D eigenvalue weighted by Gasteiger charge is 2.28. The fourth-order valence-corrected chi connectivity index (χ4v) is 5.42. The van der Waals surface area contributed by atoms with E-state index < -0.39 is 22.0 Å². The Balaban J connectivity index is 1.39. The van der Waals surface area contributed by atoms with E-state index in [0.717, 1.165) is 11.1 Å². The number of anilines is 2. The van der Waals surface area contributed by atoms with Gasteiger partial charge in [0.2, 0.25) is 21.8 Å². The SMILES string of the molecule is O=C1CCc2cc(S(=O)(=O)N[C@@H](Cc3ccccc3)C(=O)Nc3ccc4c(c3)OCCO4)ccc2N1. The monoisotopic (exact) mass is 507 g/mol. The van der Waals surface area contributed by atoms with E-state index in [1.165, 1.54) is 12.1 Å². The predicted molar refractivity (Wildman–Crippen MR) is 134 cm³/mol. The van der Waals surface area contributed by atoms with Crippen molar-refractivity contribution in [3.63, 3.8) is 0 Å². The van der Waals surface area contributed by atoms with E-state index in [9.17, 15) is 18.0 Å². The first-order valence-corrected chi connectivity index (χ1v) is 13.1. The van der Waals surface area contributed by atoms with Crippen LogP contribution < -0.4 is 24.8 Å². The Morgan fingerprint density at radius 1 is 0.944 bits per heavy atom. The van der Waals surface area contributed by atoms with Gasteiger partial charge in [-0.05, 0) is 54.3 Å². The summed E-state index contributed by atoms with van der Waals surface area (Å²) in [6.45, 7) is 0.861. The molecule has 0 radical (unpaired) electrons. The highest BCUT2D eigenvalue weighted by molar-refractivity contribution is 7.89. The lowest BCUT2D eigenvalue weighted by Crippen LogP contribution is -2.45. The molecule has 0 unspecified atom stereocenters. The van der Waals surface area contributed by atoms with Gasteiger partial charge in [0.25, 0.3) is 0 Å². The summed E-state index contributed by atoms with van der Waals surface area (Å²) in [4.78, 5) is 25.0. The minimum absolute atomic E-state index is 0.0302. The molecule has 9 nitrogen and oxygen atoms in total. The topological polar surface area (TPSA) is 123 Å². The summed E-state index contributed by atoms with van der Waals surface area (Å²) < 4.78 is 40.3. The molecule has 3 N–H and O–H groups in total. The number of carbonyl (C=O) groups excluding carboxylic acids is 2. The molecule has 2 heterocycles. The smallest absolute Gasteiger partial charge is 0.242 e. The van der Waals surface area contributed by atoms with Crippen LogP contribution in [-0.4, -0.2) is 39.5 Å². The van der Waals surface area contributed by atoms with Crippen molar-refractivity contribution in [2.75, 3.05) is 23.8 Å². The molecule has 0 aliphatic carbocycles. The Kier molecular flexibility index (Phi) is 6.62. The van der Waals surface area contributed by atoms with E-state index >= 15 is 0 Å². The summed E-state index contributed by atoms with van der Waals surface area (Å²) >= 11 is 0. The van der Waals surface area contributed by atoms with Gasteiger partial charge in [-0.1, -0.05) is 30.3 Å². The third-order valence-corrected chi connectivity index (χ3v) is 7.46. The third-order valence-electron chi connectivity index (χ3n) is 5.99. The molecule has 36 heavy (non-hydrogen) atoms. The van der Waals surface area contributed by atoms with Crippen LogP contribution in [0.5, 0.6) is 11.5 Å². The lowest BCUT2D eigenvalue weighted by molar-refractivity contribution is -0.118. The van der Waals surface area contributed by atoms with Crippen molar-refractivity contribution < 1.29 is 27.5 Å². The molecule has 0 spiro atoms. The van der Waals surface area contributed by atoms with E-state index in [1.54, 1.807) is 24.3 Å². The molecule has 186 valence electrons. The van der Waals surface area contributed by atoms with E-state index in [4.69, 9.17) is 9.47 Å². The third kappa shape index (κ3) is 5.34. The first-order valence-electron chi connectivity index (χ1n) is 11.6. The lowest BCUT2D eigenvalue weighted by atomic mass is 10.0. The van der Waals surface area contributed by atoms with Crippen LogP contribution in [-0.2, 0) is 32.5 Å². The molecule has 10 heteroatoms. The Labute approximate surface area is 208 Å². The van der Waals surface area contributed by atoms with Gasteiger partial charge < -0.3 is 20.1 Å². The van der Waals surface area contributed by atoms with Crippen LogP contribution in [0.15, 0.2) is 71.6 Å². The Morgan fingerprint density at radius 3 is 2.53 bits per heavy atom. The average Bonchev–Trinajstić information content (AvgIpc) is 2.88. The Bertz CT molecular complexity index is 1410. The molecular weight excluding hydrogens is 482 g/mol. The lowest BCUT2D eigenvalue weighted by Gasteiger charge is -2.22. The number of aryl methyl sites for hydroxylation is 1. The Morgan fingerprint density at radius 2 is 1.72 bits per heavy atom. The van der Waals surface area contributed by atoms with Gasteiger partial charge in [0.15, 0.2) is 11.5 Å². The van der Waals surface area contributed by atoms with E-state index in [-0.39, 0.29) is 17.2 Å².